The fraction of sp³-hybridized carbons (Fsp3) is 0.520. The van der Waals surface area contributed by atoms with Crippen LogP contribution in [0.3, 0.4) is 0 Å². The minimum atomic E-state index is -0.787. The molecule has 2 heterocycles. The van der Waals surface area contributed by atoms with Crippen molar-refractivity contribution in [2.75, 3.05) is 13.6 Å². The van der Waals surface area contributed by atoms with Crippen molar-refractivity contribution in [3.05, 3.63) is 41.0 Å². The van der Waals surface area contributed by atoms with Crippen molar-refractivity contribution < 1.29 is 19.5 Å². The van der Waals surface area contributed by atoms with E-state index in [1.165, 1.54) is 16.7 Å². The van der Waals surface area contributed by atoms with Gasteiger partial charge in [0.2, 0.25) is 17.7 Å². The second kappa shape index (κ2) is 10.2. The lowest BCUT2D eigenvalue weighted by Crippen LogP contribution is -2.57. The Labute approximate surface area is 205 Å². The van der Waals surface area contributed by atoms with Crippen LogP contribution in [-0.2, 0) is 20.9 Å². The molecule has 1 saturated heterocycles. The van der Waals surface area contributed by atoms with Gasteiger partial charge in [0.05, 0.1) is 22.2 Å². The number of likely N-dealkylation sites (N-methyl/N-ethyl adjacent to an activating group) is 1. The van der Waals surface area contributed by atoms with Crippen LogP contribution in [0.2, 0.25) is 0 Å². The quantitative estimate of drug-likeness (QED) is 0.653. The van der Waals surface area contributed by atoms with Crippen molar-refractivity contribution in [3.63, 3.8) is 0 Å². The summed E-state index contributed by atoms with van der Waals surface area (Å²) in [5, 5.41) is 13.2. The summed E-state index contributed by atoms with van der Waals surface area (Å²) in [4.78, 5) is 46.8. The Kier molecular flexibility index (Phi) is 7.77. The summed E-state index contributed by atoms with van der Waals surface area (Å²) in [5.41, 5.74) is 4.28. The number of aliphatic hydroxyl groups excluding tert-OH is 1. The Morgan fingerprint density at radius 3 is 2.44 bits per heavy atom. The molecule has 1 aliphatic rings. The van der Waals surface area contributed by atoms with Gasteiger partial charge in [-0.2, -0.15) is 0 Å². The number of aryl methyl sites for hydroxylation is 1. The molecule has 0 saturated carbocycles. The maximum Gasteiger partial charge on any atom is 0.246 e. The molecule has 1 unspecified atom stereocenters. The van der Waals surface area contributed by atoms with Crippen molar-refractivity contribution in [2.24, 2.45) is 5.41 Å². The SMILES string of the molecule is CC(=O)N(C)C(C(=O)N1C[C@H](O)C[C@H]1C(=O)NCc1ccc(-c2scnc2C)cc1)C(C)(C)C. The molecule has 3 atom stereocenters. The number of likely N-dealkylation sites (tertiary alicyclic amines) is 1. The Morgan fingerprint density at radius 2 is 1.91 bits per heavy atom. The molecule has 9 heteroatoms. The van der Waals surface area contributed by atoms with Gasteiger partial charge < -0.3 is 20.2 Å². The average Bonchev–Trinajstić information content (AvgIpc) is 3.36. The Bertz CT molecular complexity index is 1040. The predicted octanol–water partition coefficient (Wildman–Crippen LogP) is 2.59. The first-order valence-corrected chi connectivity index (χ1v) is 12.3. The number of thiazole rings is 1. The Morgan fingerprint density at radius 1 is 1.26 bits per heavy atom. The maximum absolute atomic E-state index is 13.5. The molecule has 0 bridgehead atoms. The predicted molar refractivity (Wildman–Crippen MR) is 132 cm³/mol. The number of amides is 3. The molecule has 0 spiro atoms. The third kappa shape index (κ3) is 5.64. The molecule has 1 aromatic heterocycles. The van der Waals surface area contributed by atoms with Crippen molar-refractivity contribution in [2.45, 2.75) is 65.8 Å². The summed E-state index contributed by atoms with van der Waals surface area (Å²) in [6.45, 7) is 9.41. The molecule has 3 rings (SSSR count). The third-order valence-electron chi connectivity index (χ3n) is 6.23. The van der Waals surface area contributed by atoms with Crippen LogP contribution in [0.4, 0.5) is 0 Å². The molecule has 184 valence electrons. The number of hydrogen-bond acceptors (Lipinski definition) is 6. The van der Waals surface area contributed by atoms with E-state index in [1.54, 1.807) is 18.4 Å². The number of rotatable bonds is 6. The van der Waals surface area contributed by atoms with Crippen LogP contribution in [0.5, 0.6) is 0 Å². The molecular weight excluding hydrogens is 452 g/mol. The van der Waals surface area contributed by atoms with Gasteiger partial charge in [-0.15, -0.1) is 11.3 Å². The lowest BCUT2D eigenvalue weighted by Gasteiger charge is -2.39. The maximum atomic E-state index is 13.5. The van der Waals surface area contributed by atoms with Gasteiger partial charge in [0.1, 0.15) is 12.1 Å². The fourth-order valence-corrected chi connectivity index (χ4v) is 5.23. The van der Waals surface area contributed by atoms with Crippen LogP contribution in [0, 0.1) is 12.3 Å². The van der Waals surface area contributed by atoms with Gasteiger partial charge in [0.15, 0.2) is 0 Å². The second-order valence-electron chi connectivity index (χ2n) is 9.98. The molecule has 2 aromatic rings. The van der Waals surface area contributed by atoms with Gasteiger partial charge in [0.25, 0.3) is 0 Å². The molecule has 34 heavy (non-hydrogen) atoms. The summed E-state index contributed by atoms with van der Waals surface area (Å²) in [5.74, 6) is -0.873. The normalized spacial score (nSPS) is 19.1. The highest BCUT2D eigenvalue weighted by Crippen LogP contribution is 2.30. The monoisotopic (exact) mass is 486 g/mol. The lowest BCUT2D eigenvalue weighted by molar-refractivity contribution is -0.150. The molecule has 0 radical (unpaired) electrons. The summed E-state index contributed by atoms with van der Waals surface area (Å²) in [6, 6.07) is 6.39. The van der Waals surface area contributed by atoms with Gasteiger partial charge >= 0.3 is 0 Å². The van der Waals surface area contributed by atoms with Crippen molar-refractivity contribution in [3.8, 4) is 10.4 Å². The standard InChI is InChI=1S/C25H34N4O4S/c1-15-21(34-14-27-15)18-9-7-17(8-10-18)12-26-23(32)20-11-19(31)13-29(20)24(33)22(25(3,4)5)28(6)16(2)30/h7-10,14,19-20,22,31H,11-13H2,1-6H3,(H,26,32)/t19-,20+,22?/m1/s1. The van der Waals surface area contributed by atoms with E-state index in [1.807, 2.05) is 57.5 Å². The van der Waals surface area contributed by atoms with Gasteiger partial charge in [-0.05, 0) is 23.5 Å². The highest BCUT2D eigenvalue weighted by molar-refractivity contribution is 7.13. The van der Waals surface area contributed by atoms with Crippen LogP contribution < -0.4 is 5.32 Å². The molecule has 3 amide bonds. The smallest absolute Gasteiger partial charge is 0.246 e. The summed E-state index contributed by atoms with van der Waals surface area (Å²) in [7, 11) is 1.59. The van der Waals surface area contributed by atoms with E-state index in [9.17, 15) is 19.5 Å². The topological polar surface area (TPSA) is 103 Å². The highest BCUT2D eigenvalue weighted by atomic mass is 32.1. The van der Waals surface area contributed by atoms with Gasteiger partial charge in [-0.25, -0.2) is 4.98 Å². The minimum absolute atomic E-state index is 0.0676. The number of β-amino-alcohol motifs (C(OH)–C–C–N with tert-alkyl or cyclic N) is 1. The van der Waals surface area contributed by atoms with E-state index in [4.69, 9.17) is 0 Å². The second-order valence-corrected chi connectivity index (χ2v) is 10.8. The first kappa shape index (κ1) is 25.8. The number of hydrogen-bond donors (Lipinski definition) is 2. The van der Waals surface area contributed by atoms with Crippen LogP contribution in [0.1, 0.15) is 45.4 Å². The van der Waals surface area contributed by atoms with Crippen molar-refractivity contribution in [1.29, 1.82) is 0 Å². The molecule has 1 aliphatic heterocycles. The lowest BCUT2D eigenvalue weighted by atomic mass is 9.84. The molecule has 0 aliphatic carbocycles. The molecule has 1 aromatic carbocycles. The van der Waals surface area contributed by atoms with Gasteiger partial charge in [-0.1, -0.05) is 45.0 Å². The number of carbonyl (C=O) groups excluding carboxylic acids is 3. The van der Waals surface area contributed by atoms with E-state index in [0.29, 0.717) is 6.54 Å². The fourth-order valence-electron chi connectivity index (χ4n) is 4.42. The minimum Gasteiger partial charge on any atom is -0.391 e. The largest absolute Gasteiger partial charge is 0.391 e. The zero-order chi connectivity index (χ0) is 25.2. The summed E-state index contributed by atoms with van der Waals surface area (Å²) < 4.78 is 0. The highest BCUT2D eigenvalue weighted by Gasteiger charge is 2.45. The van der Waals surface area contributed by atoms with Crippen LogP contribution >= 0.6 is 11.3 Å². The number of aliphatic hydroxyl groups is 1. The average molecular weight is 487 g/mol. The zero-order valence-electron chi connectivity index (χ0n) is 20.7. The first-order valence-electron chi connectivity index (χ1n) is 11.4. The number of benzene rings is 1. The molecule has 8 nitrogen and oxygen atoms in total. The van der Waals surface area contributed by atoms with E-state index in [2.05, 4.69) is 10.3 Å². The number of carbonyl (C=O) groups is 3. The van der Waals surface area contributed by atoms with E-state index >= 15 is 0 Å². The van der Waals surface area contributed by atoms with Gasteiger partial charge in [0, 0.05) is 33.5 Å². The zero-order valence-corrected chi connectivity index (χ0v) is 21.5. The van der Waals surface area contributed by atoms with Crippen molar-refractivity contribution >= 4 is 29.1 Å². The molecule has 2 N–H and O–H groups in total. The summed E-state index contributed by atoms with van der Waals surface area (Å²) >= 11 is 1.59. The number of aromatic nitrogens is 1. The van der Waals surface area contributed by atoms with Crippen molar-refractivity contribution in [1.82, 2.24) is 20.1 Å². The Hall–Kier alpha value is -2.78. The summed E-state index contributed by atoms with van der Waals surface area (Å²) in [6.07, 6.45) is -0.619. The van der Waals surface area contributed by atoms with Crippen LogP contribution in [-0.4, -0.2) is 69.4 Å². The number of nitrogens with zero attached hydrogens (tertiary/aromatic N) is 3. The first-order chi connectivity index (χ1) is 15.9. The van der Waals surface area contributed by atoms with Gasteiger partial charge in [-0.3, -0.25) is 14.4 Å². The Balaban J connectivity index is 1.70. The molecular formula is C25H34N4O4S. The third-order valence-corrected chi connectivity index (χ3v) is 7.21. The van der Waals surface area contributed by atoms with Crippen LogP contribution in [0.15, 0.2) is 29.8 Å². The van der Waals surface area contributed by atoms with E-state index in [-0.39, 0.29) is 30.7 Å². The molecule has 1 fully saturated rings. The van der Waals surface area contributed by atoms with E-state index in [0.717, 1.165) is 21.7 Å². The number of nitrogens with one attached hydrogen (secondary N) is 1. The van der Waals surface area contributed by atoms with Crippen LogP contribution in [0.25, 0.3) is 10.4 Å². The van der Waals surface area contributed by atoms with E-state index < -0.39 is 23.6 Å².